The van der Waals surface area contributed by atoms with Gasteiger partial charge in [0.1, 0.15) is 6.04 Å². The average Bonchev–Trinajstić information content (AvgIpc) is 3.01. The lowest BCUT2D eigenvalue weighted by atomic mass is 10.1. The fraction of sp³-hybridized carbons (Fsp3) is 0.389. The number of amides is 2. The number of aryl methyl sites for hydroxylation is 1. The Hall–Kier alpha value is -2.13. The third-order valence-corrected chi connectivity index (χ3v) is 3.83. The van der Waals surface area contributed by atoms with Crippen LogP contribution in [-0.2, 0) is 16.6 Å². The van der Waals surface area contributed by atoms with E-state index in [0.717, 1.165) is 5.56 Å². The van der Waals surface area contributed by atoms with Crippen LogP contribution in [0.3, 0.4) is 0 Å². The molecule has 1 aromatic carbocycles. The number of anilines is 2. The zero-order valence-electron chi connectivity index (χ0n) is 16.4. The maximum atomic E-state index is 12.5. The highest BCUT2D eigenvalue weighted by atomic mass is 35.5. The molecule has 8 nitrogen and oxygen atoms in total. The number of rotatable bonds is 8. The highest BCUT2D eigenvalue weighted by Crippen LogP contribution is 2.17. The number of nitrogens with one attached hydrogen (secondary N) is 3. The normalized spacial score (nSPS) is 11.2. The van der Waals surface area contributed by atoms with E-state index in [2.05, 4.69) is 21.0 Å². The molecule has 1 heterocycles. The molecule has 1 atom stereocenters. The van der Waals surface area contributed by atoms with Crippen LogP contribution in [0.4, 0.5) is 11.4 Å². The number of nitrogens with zero attached hydrogens (tertiary/aromatic N) is 3. The predicted molar refractivity (Wildman–Crippen MR) is 116 cm³/mol. The first-order chi connectivity index (χ1) is 12.4. The van der Waals surface area contributed by atoms with Crippen LogP contribution in [0, 0.1) is 0 Å². The summed E-state index contributed by atoms with van der Waals surface area (Å²) < 4.78 is 1.65. The van der Waals surface area contributed by atoms with E-state index in [1.165, 1.54) is 0 Å². The molecule has 0 saturated carbocycles. The minimum Gasteiger partial charge on any atom is -0.326 e. The Balaban J connectivity index is 0.00000364. The van der Waals surface area contributed by atoms with Crippen molar-refractivity contribution in [1.82, 2.24) is 20.0 Å². The van der Waals surface area contributed by atoms with E-state index in [1.54, 1.807) is 55.4 Å². The molecule has 2 aromatic rings. The SMILES string of the molecule is CNC(C(=O)Nc1ccc(NC(=O)CCN(C)C)cc1)c1cnn(C)c1.Cl.Cl. The Labute approximate surface area is 177 Å². The molecular formula is C18H28Cl2N6O2. The van der Waals surface area contributed by atoms with Crippen molar-refractivity contribution in [3.63, 3.8) is 0 Å². The second kappa shape index (κ2) is 12.4. The van der Waals surface area contributed by atoms with Crippen molar-refractivity contribution >= 4 is 48.0 Å². The van der Waals surface area contributed by atoms with E-state index < -0.39 is 6.04 Å². The van der Waals surface area contributed by atoms with Gasteiger partial charge in [0.15, 0.2) is 0 Å². The van der Waals surface area contributed by atoms with Crippen LogP contribution in [0.5, 0.6) is 0 Å². The van der Waals surface area contributed by atoms with E-state index in [4.69, 9.17) is 0 Å². The van der Waals surface area contributed by atoms with Gasteiger partial charge in [-0.3, -0.25) is 14.3 Å². The van der Waals surface area contributed by atoms with Crippen molar-refractivity contribution in [2.24, 2.45) is 7.05 Å². The third kappa shape index (κ3) is 7.85. The number of aromatic nitrogens is 2. The highest BCUT2D eigenvalue weighted by molar-refractivity contribution is 5.96. The molecule has 1 unspecified atom stereocenters. The van der Waals surface area contributed by atoms with Gasteiger partial charge in [-0.2, -0.15) is 5.10 Å². The van der Waals surface area contributed by atoms with Crippen LogP contribution in [0.25, 0.3) is 0 Å². The molecule has 2 rings (SSSR count). The zero-order valence-corrected chi connectivity index (χ0v) is 18.1. The molecule has 0 saturated heterocycles. The van der Waals surface area contributed by atoms with E-state index in [9.17, 15) is 9.59 Å². The van der Waals surface area contributed by atoms with Gasteiger partial charge in [-0.25, -0.2) is 0 Å². The van der Waals surface area contributed by atoms with Gasteiger partial charge >= 0.3 is 0 Å². The van der Waals surface area contributed by atoms with Crippen molar-refractivity contribution in [3.05, 3.63) is 42.2 Å². The molecule has 156 valence electrons. The minimum atomic E-state index is -0.492. The fourth-order valence-corrected chi connectivity index (χ4v) is 2.44. The summed E-state index contributed by atoms with van der Waals surface area (Å²) in [6.07, 6.45) is 3.89. The molecule has 0 fully saturated rings. The number of hydrogen-bond acceptors (Lipinski definition) is 5. The smallest absolute Gasteiger partial charge is 0.246 e. The van der Waals surface area contributed by atoms with Gasteiger partial charge < -0.3 is 20.9 Å². The lowest BCUT2D eigenvalue weighted by Gasteiger charge is -2.15. The summed E-state index contributed by atoms with van der Waals surface area (Å²) in [4.78, 5) is 26.3. The topological polar surface area (TPSA) is 91.3 Å². The van der Waals surface area contributed by atoms with E-state index in [1.807, 2.05) is 19.0 Å². The summed E-state index contributed by atoms with van der Waals surface area (Å²) in [5, 5.41) is 12.8. The molecule has 0 radical (unpaired) electrons. The summed E-state index contributed by atoms with van der Waals surface area (Å²) in [6, 6.07) is 6.56. The van der Waals surface area contributed by atoms with Crippen molar-refractivity contribution in [3.8, 4) is 0 Å². The van der Waals surface area contributed by atoms with Crippen LogP contribution >= 0.6 is 24.8 Å². The molecule has 28 heavy (non-hydrogen) atoms. The summed E-state index contributed by atoms with van der Waals surface area (Å²) >= 11 is 0. The lowest BCUT2D eigenvalue weighted by Crippen LogP contribution is -2.30. The molecule has 0 aliphatic heterocycles. The molecule has 3 N–H and O–H groups in total. The van der Waals surface area contributed by atoms with Gasteiger partial charge in [0.2, 0.25) is 11.8 Å². The third-order valence-electron chi connectivity index (χ3n) is 3.83. The van der Waals surface area contributed by atoms with Crippen LogP contribution < -0.4 is 16.0 Å². The quantitative estimate of drug-likeness (QED) is 0.595. The van der Waals surface area contributed by atoms with Crippen molar-refractivity contribution in [1.29, 1.82) is 0 Å². The number of carbonyl (C=O) groups is 2. The van der Waals surface area contributed by atoms with Crippen LogP contribution in [-0.4, -0.2) is 54.2 Å². The Morgan fingerprint density at radius 3 is 2.14 bits per heavy atom. The maximum Gasteiger partial charge on any atom is 0.246 e. The largest absolute Gasteiger partial charge is 0.326 e. The first-order valence-corrected chi connectivity index (χ1v) is 8.40. The zero-order chi connectivity index (χ0) is 19.1. The van der Waals surface area contributed by atoms with Gasteiger partial charge in [0, 0.05) is 43.1 Å². The van der Waals surface area contributed by atoms with E-state index >= 15 is 0 Å². The Morgan fingerprint density at radius 2 is 1.68 bits per heavy atom. The number of likely N-dealkylation sites (N-methyl/N-ethyl adjacent to an activating group) is 1. The van der Waals surface area contributed by atoms with Crippen molar-refractivity contribution < 1.29 is 9.59 Å². The number of carbonyl (C=O) groups excluding carboxylic acids is 2. The van der Waals surface area contributed by atoms with Crippen LogP contribution in [0.1, 0.15) is 18.0 Å². The molecule has 0 spiro atoms. The number of hydrogen-bond donors (Lipinski definition) is 3. The maximum absolute atomic E-state index is 12.5. The molecule has 0 aliphatic carbocycles. The molecule has 1 aromatic heterocycles. The second-order valence-corrected chi connectivity index (χ2v) is 6.34. The fourth-order valence-electron chi connectivity index (χ4n) is 2.44. The van der Waals surface area contributed by atoms with Gasteiger partial charge in [-0.15, -0.1) is 24.8 Å². The van der Waals surface area contributed by atoms with Crippen LogP contribution in [0.2, 0.25) is 0 Å². The Kier molecular flexibility index (Phi) is 11.4. The van der Waals surface area contributed by atoms with Crippen molar-refractivity contribution in [2.75, 3.05) is 38.3 Å². The molecule has 10 heteroatoms. The van der Waals surface area contributed by atoms with Crippen molar-refractivity contribution in [2.45, 2.75) is 12.5 Å². The van der Waals surface area contributed by atoms with Gasteiger partial charge in [-0.05, 0) is 45.4 Å². The summed E-state index contributed by atoms with van der Waals surface area (Å²) in [7, 11) is 7.38. The van der Waals surface area contributed by atoms with Gasteiger partial charge in [-0.1, -0.05) is 0 Å². The summed E-state index contributed by atoms with van der Waals surface area (Å²) in [5.74, 6) is -0.217. The number of benzene rings is 1. The molecule has 0 bridgehead atoms. The average molecular weight is 431 g/mol. The van der Waals surface area contributed by atoms with Gasteiger partial charge in [0.25, 0.3) is 0 Å². The minimum absolute atomic E-state index is 0. The van der Waals surface area contributed by atoms with E-state index in [-0.39, 0.29) is 36.6 Å². The summed E-state index contributed by atoms with van der Waals surface area (Å²) in [5.41, 5.74) is 2.15. The highest BCUT2D eigenvalue weighted by Gasteiger charge is 2.20. The van der Waals surface area contributed by atoms with E-state index in [0.29, 0.717) is 24.3 Å². The number of halogens is 2. The lowest BCUT2D eigenvalue weighted by molar-refractivity contribution is -0.118. The Bertz CT molecular complexity index is 749. The summed E-state index contributed by atoms with van der Waals surface area (Å²) in [6.45, 7) is 0.694. The first-order valence-electron chi connectivity index (χ1n) is 8.40. The van der Waals surface area contributed by atoms with Crippen LogP contribution in [0.15, 0.2) is 36.7 Å². The standard InChI is InChI=1S/C18H26N6O2.2ClH/c1-19-17(13-11-20-24(4)12-13)18(26)22-15-7-5-14(6-8-15)21-16(25)9-10-23(2)3;;/h5-8,11-12,17,19H,9-10H2,1-4H3,(H,21,25)(H,22,26);2*1H. The van der Waals surface area contributed by atoms with Gasteiger partial charge in [0.05, 0.1) is 6.20 Å². The second-order valence-electron chi connectivity index (χ2n) is 6.34. The monoisotopic (exact) mass is 430 g/mol. The first kappa shape index (κ1) is 25.9. The Morgan fingerprint density at radius 1 is 1.11 bits per heavy atom. The predicted octanol–water partition coefficient (Wildman–Crippen LogP) is 2.05. The molecular weight excluding hydrogens is 403 g/mol. The molecule has 2 amide bonds. The molecule has 0 aliphatic rings.